The number of carbonyl (C=O) groups is 1. The summed E-state index contributed by atoms with van der Waals surface area (Å²) in [6.07, 6.45) is 2.34. The highest BCUT2D eigenvalue weighted by atomic mass is 16.5. The predicted molar refractivity (Wildman–Crippen MR) is 152 cm³/mol. The number of hydrogen-bond acceptors (Lipinski definition) is 8. The minimum absolute atomic E-state index is 0.00459. The molecule has 0 fully saturated rings. The van der Waals surface area contributed by atoms with Gasteiger partial charge in [0.2, 0.25) is 0 Å². The average molecular weight is 559 g/mol. The molecule has 2 aromatic heterocycles. The van der Waals surface area contributed by atoms with Crippen molar-refractivity contribution in [1.29, 1.82) is 0 Å². The number of carbonyl (C=O) groups excluding carboxylic acids is 1. The van der Waals surface area contributed by atoms with Gasteiger partial charge in [-0.3, -0.25) is 13.9 Å². The fourth-order valence-electron chi connectivity index (χ4n) is 5.48. The van der Waals surface area contributed by atoms with E-state index in [1.807, 2.05) is 45.9 Å². The molecule has 0 saturated carbocycles. The second kappa shape index (κ2) is 11.4. The molecule has 214 valence electrons. The third kappa shape index (κ3) is 5.39. The van der Waals surface area contributed by atoms with Gasteiger partial charge in [0.1, 0.15) is 5.49 Å². The van der Waals surface area contributed by atoms with Crippen molar-refractivity contribution in [3.63, 3.8) is 0 Å². The van der Waals surface area contributed by atoms with E-state index in [0.717, 1.165) is 39.2 Å². The van der Waals surface area contributed by atoms with Crippen molar-refractivity contribution < 1.29 is 19.5 Å². The standard InChI is InChI=1S/C30H34N6O5/c1-6-41-27-14-21-9-11-34-23(22(21)15-26(27)40-5)16-28(32-29-19(3)12-18(2)13-20(29)4)35(30(34)38)10-7-8-25(37)24-17-31-33-36(24)39/h12-17,39H,6-11H2,1-5H3. The summed E-state index contributed by atoms with van der Waals surface area (Å²) in [5.74, 6) is 0.963. The Labute approximate surface area is 237 Å². The molecule has 0 radical (unpaired) electrons. The van der Waals surface area contributed by atoms with E-state index in [1.165, 1.54) is 6.20 Å². The Bertz CT molecular complexity index is 1740. The van der Waals surface area contributed by atoms with Gasteiger partial charge in [-0.05, 0) is 74.6 Å². The maximum absolute atomic E-state index is 14.0. The van der Waals surface area contributed by atoms with Crippen LogP contribution < -0.4 is 20.7 Å². The summed E-state index contributed by atoms with van der Waals surface area (Å²) in [6, 6.07) is 9.99. The number of nitrogens with zero attached hydrogens (tertiary/aromatic N) is 6. The van der Waals surface area contributed by atoms with Gasteiger partial charge in [0.15, 0.2) is 23.0 Å². The number of rotatable bonds is 9. The van der Waals surface area contributed by atoms with Gasteiger partial charge < -0.3 is 14.7 Å². The van der Waals surface area contributed by atoms with E-state index in [0.29, 0.717) is 47.8 Å². The van der Waals surface area contributed by atoms with Crippen molar-refractivity contribution in [2.75, 3.05) is 13.7 Å². The van der Waals surface area contributed by atoms with Crippen molar-refractivity contribution >= 4 is 11.5 Å². The minimum atomic E-state index is -0.314. The molecule has 11 nitrogen and oxygen atoms in total. The average Bonchev–Trinajstić information content (AvgIpc) is 3.37. The van der Waals surface area contributed by atoms with E-state index in [9.17, 15) is 14.8 Å². The molecule has 1 aliphatic rings. The van der Waals surface area contributed by atoms with Gasteiger partial charge in [-0.2, -0.15) is 0 Å². The molecule has 0 unspecified atom stereocenters. The van der Waals surface area contributed by atoms with Crippen LogP contribution in [0, 0.1) is 20.8 Å². The smallest absolute Gasteiger partial charge is 0.330 e. The van der Waals surface area contributed by atoms with Crippen LogP contribution in [0.5, 0.6) is 11.5 Å². The highest BCUT2D eigenvalue weighted by molar-refractivity contribution is 5.93. The highest BCUT2D eigenvalue weighted by Gasteiger charge is 2.23. The molecule has 1 N–H and O–H groups in total. The second-order valence-corrected chi connectivity index (χ2v) is 10.2. The lowest BCUT2D eigenvalue weighted by Crippen LogP contribution is -2.42. The quantitative estimate of drug-likeness (QED) is 0.244. The summed E-state index contributed by atoms with van der Waals surface area (Å²) in [5, 5.41) is 16.7. The zero-order valence-corrected chi connectivity index (χ0v) is 24.0. The SMILES string of the molecule is CCOc1cc2c(cc1OC)-c1cc(=Nc3c(C)cc(C)cc3C)n(CCCC(=O)c3cnnn3O)c(=O)n1CC2. The number of ether oxygens (including phenoxy) is 2. The molecule has 0 bridgehead atoms. The van der Waals surface area contributed by atoms with Crippen molar-refractivity contribution in [3.8, 4) is 22.8 Å². The van der Waals surface area contributed by atoms with E-state index in [-0.39, 0.29) is 30.1 Å². The van der Waals surface area contributed by atoms with Crippen molar-refractivity contribution in [3.05, 3.63) is 80.4 Å². The number of benzene rings is 2. The summed E-state index contributed by atoms with van der Waals surface area (Å²) in [5.41, 5.74) is 6.98. The number of hydrogen-bond donors (Lipinski definition) is 1. The lowest BCUT2D eigenvalue weighted by molar-refractivity contribution is 0.0890. The van der Waals surface area contributed by atoms with Crippen molar-refractivity contribution in [2.45, 2.75) is 60.0 Å². The molecular formula is C30H34N6O5. The molecule has 0 saturated heterocycles. The Morgan fingerprint density at radius 1 is 1.10 bits per heavy atom. The maximum atomic E-state index is 14.0. The Hall–Kier alpha value is -4.67. The van der Waals surface area contributed by atoms with Gasteiger partial charge in [0.05, 0.1) is 31.3 Å². The number of aromatic nitrogens is 5. The normalized spacial score (nSPS) is 12.7. The molecule has 41 heavy (non-hydrogen) atoms. The summed E-state index contributed by atoms with van der Waals surface area (Å²) in [7, 11) is 1.60. The minimum Gasteiger partial charge on any atom is -0.493 e. The first kappa shape index (κ1) is 27.9. The largest absolute Gasteiger partial charge is 0.493 e. The molecule has 0 amide bonds. The Kier molecular flexibility index (Phi) is 7.78. The zero-order chi connectivity index (χ0) is 29.3. The third-order valence-corrected chi connectivity index (χ3v) is 7.33. The van der Waals surface area contributed by atoms with Crippen LogP contribution in [-0.4, -0.2) is 49.0 Å². The summed E-state index contributed by atoms with van der Waals surface area (Å²) in [6.45, 7) is 9.27. The molecule has 4 aromatic rings. The highest BCUT2D eigenvalue weighted by Crippen LogP contribution is 2.37. The number of methoxy groups -OCH3 is 1. The fourth-order valence-corrected chi connectivity index (χ4v) is 5.48. The first-order chi connectivity index (χ1) is 19.7. The van der Waals surface area contributed by atoms with Crippen LogP contribution in [0.1, 0.15) is 52.5 Å². The predicted octanol–water partition coefficient (Wildman–Crippen LogP) is 3.93. The fraction of sp³-hybridized carbons (Fsp3) is 0.367. The van der Waals surface area contributed by atoms with Crippen LogP contribution in [0.2, 0.25) is 0 Å². The van der Waals surface area contributed by atoms with E-state index in [4.69, 9.17) is 14.5 Å². The van der Waals surface area contributed by atoms with E-state index >= 15 is 0 Å². The molecule has 11 heteroatoms. The Balaban J connectivity index is 1.63. The summed E-state index contributed by atoms with van der Waals surface area (Å²) < 4.78 is 14.8. The first-order valence-corrected chi connectivity index (χ1v) is 13.7. The van der Waals surface area contributed by atoms with E-state index in [1.54, 1.807) is 16.2 Å². The number of ketones is 1. The molecule has 3 heterocycles. The van der Waals surface area contributed by atoms with E-state index in [2.05, 4.69) is 22.4 Å². The number of Topliss-reactive ketones (excluding diaryl/α,β-unsaturated/α-hetero) is 1. The summed E-state index contributed by atoms with van der Waals surface area (Å²) in [4.78, 5) is 32.1. The maximum Gasteiger partial charge on any atom is 0.330 e. The van der Waals surface area contributed by atoms with Gasteiger partial charge in [0, 0.05) is 31.1 Å². The van der Waals surface area contributed by atoms with Crippen LogP contribution in [0.3, 0.4) is 0 Å². The van der Waals surface area contributed by atoms with Gasteiger partial charge in [-0.25, -0.2) is 9.79 Å². The van der Waals surface area contributed by atoms with Crippen molar-refractivity contribution in [2.24, 2.45) is 4.99 Å². The molecule has 5 rings (SSSR count). The zero-order valence-electron chi connectivity index (χ0n) is 24.0. The molecule has 2 aromatic carbocycles. The van der Waals surface area contributed by atoms with E-state index < -0.39 is 0 Å². The second-order valence-electron chi connectivity index (χ2n) is 10.2. The first-order valence-electron chi connectivity index (χ1n) is 13.7. The van der Waals surface area contributed by atoms with Crippen LogP contribution in [0.25, 0.3) is 11.3 Å². The van der Waals surface area contributed by atoms with Gasteiger partial charge in [-0.15, -0.1) is 5.10 Å². The Morgan fingerprint density at radius 2 is 1.85 bits per heavy atom. The molecular weight excluding hydrogens is 524 g/mol. The summed E-state index contributed by atoms with van der Waals surface area (Å²) >= 11 is 0. The molecule has 0 aliphatic carbocycles. The number of aryl methyl sites for hydroxylation is 4. The van der Waals surface area contributed by atoms with Gasteiger partial charge >= 0.3 is 5.69 Å². The molecule has 1 aliphatic heterocycles. The molecule has 0 atom stereocenters. The van der Waals surface area contributed by atoms with Crippen LogP contribution in [0.4, 0.5) is 5.69 Å². The topological polar surface area (TPSA) is 126 Å². The lowest BCUT2D eigenvalue weighted by atomic mass is 9.97. The van der Waals surface area contributed by atoms with Crippen LogP contribution in [-0.2, 0) is 19.5 Å². The van der Waals surface area contributed by atoms with Gasteiger partial charge in [-0.1, -0.05) is 22.5 Å². The number of fused-ring (bicyclic) bond motifs is 3. The van der Waals surface area contributed by atoms with Gasteiger partial charge in [0.25, 0.3) is 0 Å². The molecule has 0 spiro atoms. The third-order valence-electron chi connectivity index (χ3n) is 7.33. The van der Waals surface area contributed by atoms with Crippen LogP contribution in [0.15, 0.2) is 46.3 Å². The monoisotopic (exact) mass is 558 g/mol. The van der Waals surface area contributed by atoms with Crippen molar-refractivity contribution in [1.82, 2.24) is 24.3 Å². The van der Waals surface area contributed by atoms with Crippen LogP contribution >= 0.6 is 0 Å². The Morgan fingerprint density at radius 3 is 2.51 bits per heavy atom. The lowest BCUT2D eigenvalue weighted by Gasteiger charge is -2.25.